The molecule has 7 heteroatoms. The van der Waals surface area contributed by atoms with E-state index in [1.54, 1.807) is 23.1 Å². The Kier molecular flexibility index (Phi) is 6.59. The van der Waals surface area contributed by atoms with Gasteiger partial charge in [-0.3, -0.25) is 9.59 Å². The number of nitrogens with two attached hydrogens (primary N) is 1. The summed E-state index contributed by atoms with van der Waals surface area (Å²) < 4.78 is 27.4. The van der Waals surface area contributed by atoms with E-state index in [1.807, 2.05) is 6.07 Å². The second-order valence-corrected chi connectivity index (χ2v) is 7.54. The molecular weight excluding hydrogens is 376 g/mol. The van der Waals surface area contributed by atoms with E-state index in [0.29, 0.717) is 5.69 Å². The molecule has 2 aromatic rings. The van der Waals surface area contributed by atoms with Crippen molar-refractivity contribution in [2.75, 3.05) is 5.32 Å². The largest absolute Gasteiger partial charge is 0.331 e. The van der Waals surface area contributed by atoms with Crippen molar-refractivity contribution in [1.82, 2.24) is 4.90 Å². The van der Waals surface area contributed by atoms with E-state index in [9.17, 15) is 18.4 Å². The Hall–Kier alpha value is -2.80. The summed E-state index contributed by atoms with van der Waals surface area (Å²) in [7, 11) is 0. The summed E-state index contributed by atoms with van der Waals surface area (Å²) in [5, 5.41) is 2.72. The zero-order chi connectivity index (χ0) is 21.0. The highest BCUT2D eigenvalue weighted by molar-refractivity contribution is 5.94. The van der Waals surface area contributed by atoms with Crippen molar-refractivity contribution in [2.45, 2.75) is 51.2 Å². The molecule has 1 aliphatic carbocycles. The molecular formula is C22H25F2N3O2. The first-order valence-corrected chi connectivity index (χ1v) is 9.71. The molecule has 1 saturated carbocycles. The molecule has 0 aromatic heterocycles. The third-order valence-electron chi connectivity index (χ3n) is 5.15. The Labute approximate surface area is 168 Å². The fourth-order valence-electron chi connectivity index (χ4n) is 3.77. The van der Waals surface area contributed by atoms with Crippen LogP contribution >= 0.6 is 0 Å². The van der Waals surface area contributed by atoms with E-state index in [0.717, 1.165) is 49.4 Å². The fraction of sp³-hybridized carbons (Fsp3) is 0.364. The second-order valence-electron chi connectivity index (χ2n) is 7.54. The highest BCUT2D eigenvalue weighted by atomic mass is 19.1. The molecule has 1 aliphatic rings. The average Bonchev–Trinajstić information content (AvgIpc) is 2.65. The predicted octanol–water partition coefficient (Wildman–Crippen LogP) is 3.84. The maximum atomic E-state index is 13.7. The number of rotatable bonds is 5. The lowest BCUT2D eigenvalue weighted by Crippen LogP contribution is -2.44. The van der Waals surface area contributed by atoms with Crippen LogP contribution in [-0.4, -0.2) is 28.8 Å². The van der Waals surface area contributed by atoms with Gasteiger partial charge in [0.25, 0.3) is 5.91 Å². The van der Waals surface area contributed by atoms with Crippen molar-refractivity contribution in [1.29, 1.82) is 0 Å². The number of benzene rings is 2. The van der Waals surface area contributed by atoms with Gasteiger partial charge < -0.3 is 16.0 Å². The first kappa shape index (κ1) is 20.9. The van der Waals surface area contributed by atoms with Crippen LogP contribution in [0.1, 0.15) is 48.5 Å². The van der Waals surface area contributed by atoms with Crippen LogP contribution in [0.5, 0.6) is 0 Å². The lowest BCUT2D eigenvalue weighted by Gasteiger charge is -2.36. The molecule has 0 radical (unpaired) electrons. The Balaban J connectivity index is 1.89. The minimum absolute atomic E-state index is 0.0182. The Bertz CT molecular complexity index is 875. The average molecular weight is 401 g/mol. The Morgan fingerprint density at radius 1 is 1.07 bits per heavy atom. The zero-order valence-electron chi connectivity index (χ0n) is 16.3. The number of amides is 2. The maximum absolute atomic E-state index is 13.7. The molecule has 2 amide bonds. The van der Waals surface area contributed by atoms with Gasteiger partial charge in [-0.25, -0.2) is 8.78 Å². The number of carbonyl (C=O) groups is 2. The van der Waals surface area contributed by atoms with Gasteiger partial charge in [0, 0.05) is 42.9 Å². The van der Waals surface area contributed by atoms with Gasteiger partial charge in [0.2, 0.25) is 5.91 Å². The SMILES string of the molecule is CC(=O)Nc1cccc(CN(C(=O)c2cc(F)cc(F)c2)C2CCC(N)CC2)c1. The maximum Gasteiger partial charge on any atom is 0.254 e. The number of nitrogens with one attached hydrogen (secondary N) is 1. The molecule has 5 nitrogen and oxygen atoms in total. The van der Waals surface area contributed by atoms with Crippen LogP contribution in [0.2, 0.25) is 0 Å². The normalized spacial score (nSPS) is 18.9. The van der Waals surface area contributed by atoms with Crippen molar-refractivity contribution in [3.8, 4) is 0 Å². The second kappa shape index (κ2) is 9.13. The summed E-state index contributed by atoms with van der Waals surface area (Å²) in [6, 6.07) is 10.1. The molecule has 3 N–H and O–H groups in total. The van der Waals surface area contributed by atoms with Crippen LogP contribution in [0.3, 0.4) is 0 Å². The molecule has 2 aromatic carbocycles. The lowest BCUT2D eigenvalue weighted by atomic mass is 9.90. The van der Waals surface area contributed by atoms with Gasteiger partial charge in [-0.15, -0.1) is 0 Å². The van der Waals surface area contributed by atoms with Crippen LogP contribution in [0, 0.1) is 11.6 Å². The van der Waals surface area contributed by atoms with Gasteiger partial charge in [0.1, 0.15) is 11.6 Å². The van der Waals surface area contributed by atoms with Gasteiger partial charge in [-0.05, 0) is 55.5 Å². The van der Waals surface area contributed by atoms with Crippen LogP contribution in [0.25, 0.3) is 0 Å². The van der Waals surface area contributed by atoms with E-state index >= 15 is 0 Å². The zero-order valence-corrected chi connectivity index (χ0v) is 16.3. The number of carbonyl (C=O) groups excluding carboxylic acids is 2. The van der Waals surface area contributed by atoms with Crippen LogP contribution < -0.4 is 11.1 Å². The topological polar surface area (TPSA) is 75.4 Å². The van der Waals surface area contributed by atoms with E-state index in [2.05, 4.69) is 5.32 Å². The summed E-state index contributed by atoms with van der Waals surface area (Å²) in [6.07, 6.45) is 3.04. The summed E-state index contributed by atoms with van der Waals surface area (Å²) in [4.78, 5) is 26.2. The monoisotopic (exact) mass is 401 g/mol. The number of hydrogen-bond donors (Lipinski definition) is 2. The summed E-state index contributed by atoms with van der Waals surface area (Å²) in [5.74, 6) is -2.18. The quantitative estimate of drug-likeness (QED) is 0.799. The number of anilines is 1. The summed E-state index contributed by atoms with van der Waals surface area (Å²) >= 11 is 0. The van der Waals surface area contributed by atoms with E-state index in [4.69, 9.17) is 5.73 Å². The smallest absolute Gasteiger partial charge is 0.254 e. The third kappa shape index (κ3) is 5.60. The highest BCUT2D eigenvalue weighted by Gasteiger charge is 2.29. The Morgan fingerprint density at radius 3 is 2.34 bits per heavy atom. The third-order valence-corrected chi connectivity index (χ3v) is 5.15. The summed E-state index contributed by atoms with van der Waals surface area (Å²) in [5.41, 5.74) is 7.43. The van der Waals surface area contributed by atoms with Crippen LogP contribution in [0.4, 0.5) is 14.5 Å². The minimum atomic E-state index is -0.786. The van der Waals surface area contributed by atoms with Gasteiger partial charge >= 0.3 is 0 Å². The molecule has 0 spiro atoms. The molecule has 0 bridgehead atoms. The predicted molar refractivity (Wildman–Crippen MR) is 107 cm³/mol. The number of halogens is 2. The van der Waals surface area contributed by atoms with Gasteiger partial charge in [-0.1, -0.05) is 12.1 Å². The molecule has 0 aliphatic heterocycles. The molecule has 0 atom stereocenters. The molecule has 29 heavy (non-hydrogen) atoms. The van der Waals surface area contributed by atoms with Crippen molar-refractivity contribution in [3.05, 3.63) is 65.2 Å². The number of nitrogens with zero attached hydrogens (tertiary/aromatic N) is 1. The summed E-state index contributed by atoms with van der Waals surface area (Å²) in [6.45, 7) is 1.69. The van der Waals surface area contributed by atoms with Crippen molar-refractivity contribution < 1.29 is 18.4 Å². The number of hydrogen-bond acceptors (Lipinski definition) is 3. The standard InChI is InChI=1S/C22H25F2N3O2/c1-14(28)26-20-4-2-3-15(9-20)13-27(21-7-5-19(25)6-8-21)22(29)16-10-17(23)12-18(24)11-16/h2-4,9-12,19,21H,5-8,13,25H2,1H3,(H,26,28). The first-order chi connectivity index (χ1) is 13.8. The van der Waals surface area contributed by atoms with Crippen molar-refractivity contribution >= 4 is 17.5 Å². The first-order valence-electron chi connectivity index (χ1n) is 9.71. The van der Waals surface area contributed by atoms with E-state index in [-0.39, 0.29) is 30.1 Å². The van der Waals surface area contributed by atoms with Crippen molar-refractivity contribution in [3.63, 3.8) is 0 Å². The molecule has 0 unspecified atom stereocenters. The van der Waals surface area contributed by atoms with Crippen molar-refractivity contribution in [2.24, 2.45) is 5.73 Å². The fourth-order valence-corrected chi connectivity index (χ4v) is 3.77. The van der Waals surface area contributed by atoms with Gasteiger partial charge in [0.15, 0.2) is 0 Å². The Morgan fingerprint density at radius 2 is 1.72 bits per heavy atom. The van der Waals surface area contributed by atoms with Crippen LogP contribution in [0.15, 0.2) is 42.5 Å². The molecule has 1 fully saturated rings. The molecule has 154 valence electrons. The van der Waals surface area contributed by atoms with E-state index in [1.165, 1.54) is 6.92 Å². The molecule has 0 heterocycles. The molecule has 3 rings (SSSR count). The van der Waals surface area contributed by atoms with Crippen LogP contribution in [-0.2, 0) is 11.3 Å². The minimum Gasteiger partial charge on any atom is -0.331 e. The van der Waals surface area contributed by atoms with Gasteiger partial charge in [-0.2, -0.15) is 0 Å². The van der Waals surface area contributed by atoms with E-state index < -0.39 is 17.5 Å². The lowest BCUT2D eigenvalue weighted by molar-refractivity contribution is -0.114. The van der Waals surface area contributed by atoms with Gasteiger partial charge in [0.05, 0.1) is 0 Å². The molecule has 0 saturated heterocycles. The highest BCUT2D eigenvalue weighted by Crippen LogP contribution is 2.26.